The molecule has 2 heterocycles. The minimum Gasteiger partial charge on any atom is -0.490 e. The Morgan fingerprint density at radius 2 is 2.22 bits per heavy atom. The number of pyridine rings is 1. The van der Waals surface area contributed by atoms with Gasteiger partial charge in [-0.2, -0.15) is 4.73 Å². The number of nitrogens with zero attached hydrogens (tertiary/aromatic N) is 1. The molecular weight excluding hydrogens is 290 g/mol. The van der Waals surface area contributed by atoms with E-state index in [0.29, 0.717) is 18.4 Å². The van der Waals surface area contributed by atoms with Crippen LogP contribution in [0.3, 0.4) is 0 Å². The predicted molar refractivity (Wildman–Crippen MR) is 90.8 cm³/mol. The zero-order chi connectivity index (χ0) is 16.8. The Morgan fingerprint density at radius 1 is 1.48 bits per heavy atom. The fourth-order valence-corrected chi connectivity index (χ4v) is 4.88. The molecule has 3 rings (SSSR count). The normalized spacial score (nSPS) is 35.7. The van der Waals surface area contributed by atoms with Crippen molar-refractivity contribution in [1.29, 1.82) is 0 Å². The van der Waals surface area contributed by atoms with Gasteiger partial charge in [-0.05, 0) is 31.6 Å². The van der Waals surface area contributed by atoms with Crippen molar-refractivity contribution < 1.29 is 9.57 Å². The Kier molecular flexibility index (Phi) is 4.03. The largest absolute Gasteiger partial charge is 0.490 e. The summed E-state index contributed by atoms with van der Waals surface area (Å²) in [7, 11) is 0. The minimum absolute atomic E-state index is 0.0130. The number of hydrogen-bond donors (Lipinski definition) is 0. The molecule has 1 aliphatic heterocycles. The average Bonchev–Trinajstić information content (AvgIpc) is 2.47. The highest BCUT2D eigenvalue weighted by molar-refractivity contribution is 5.39. The van der Waals surface area contributed by atoms with Crippen molar-refractivity contribution in [2.24, 2.45) is 17.3 Å². The fraction of sp³-hybridized carbons (Fsp3) is 0.632. The van der Waals surface area contributed by atoms with E-state index < -0.39 is 0 Å². The summed E-state index contributed by atoms with van der Waals surface area (Å²) in [4.78, 5) is 18.5. The van der Waals surface area contributed by atoms with E-state index in [1.54, 1.807) is 12.3 Å². The third-order valence-corrected chi connectivity index (χ3v) is 5.77. The van der Waals surface area contributed by atoms with Gasteiger partial charge in [0, 0.05) is 17.4 Å². The molecule has 0 radical (unpaired) electrons. The van der Waals surface area contributed by atoms with Crippen molar-refractivity contribution in [3.63, 3.8) is 0 Å². The highest BCUT2D eigenvalue weighted by Crippen LogP contribution is 2.57. The predicted octanol–water partition coefficient (Wildman–Crippen LogP) is 3.40. The quantitative estimate of drug-likeness (QED) is 0.802. The first-order valence-electron chi connectivity index (χ1n) is 8.55. The van der Waals surface area contributed by atoms with Gasteiger partial charge in [0.2, 0.25) is 0 Å². The van der Waals surface area contributed by atoms with Crippen LogP contribution in [0.25, 0.3) is 0 Å². The third-order valence-electron chi connectivity index (χ3n) is 5.77. The molecule has 0 spiro atoms. The van der Waals surface area contributed by atoms with Crippen LogP contribution in [0.15, 0.2) is 29.7 Å². The molecule has 0 saturated heterocycles. The van der Waals surface area contributed by atoms with Crippen LogP contribution in [0.1, 0.15) is 52.0 Å². The molecule has 5 atom stereocenters. The number of aromatic nitrogens is 1. The maximum Gasteiger partial charge on any atom is 0.290 e. The average molecular weight is 317 g/mol. The molecule has 0 unspecified atom stereocenters. The first-order chi connectivity index (χ1) is 10.9. The first-order valence-corrected chi connectivity index (χ1v) is 8.55. The summed E-state index contributed by atoms with van der Waals surface area (Å²) in [5.41, 5.74) is 0.686. The van der Waals surface area contributed by atoms with Gasteiger partial charge in [0.15, 0.2) is 0 Å². The van der Waals surface area contributed by atoms with Gasteiger partial charge >= 0.3 is 0 Å². The van der Waals surface area contributed by atoms with Gasteiger partial charge in [0.1, 0.15) is 18.5 Å². The van der Waals surface area contributed by atoms with Crippen LogP contribution < -0.4 is 15.1 Å². The van der Waals surface area contributed by atoms with E-state index >= 15 is 0 Å². The maximum atomic E-state index is 13.0. The summed E-state index contributed by atoms with van der Waals surface area (Å²) in [6, 6.07) is 1.86. The second-order valence-corrected chi connectivity index (χ2v) is 7.57. The number of fused-ring (bicyclic) bond motifs is 3. The number of hydrogen-bond acceptors (Lipinski definition) is 3. The topological polar surface area (TPSA) is 40.5 Å². The molecule has 0 N–H and O–H groups in total. The minimum atomic E-state index is -0.0890. The summed E-state index contributed by atoms with van der Waals surface area (Å²) in [5, 5.41) is 0. The van der Waals surface area contributed by atoms with E-state index in [4.69, 9.17) is 9.57 Å². The maximum absolute atomic E-state index is 13.0. The summed E-state index contributed by atoms with van der Waals surface area (Å²) in [6.45, 7) is 12.9. The van der Waals surface area contributed by atoms with Crippen LogP contribution in [-0.4, -0.2) is 17.4 Å². The third kappa shape index (κ3) is 2.48. The fourth-order valence-electron chi connectivity index (χ4n) is 4.88. The Labute approximate surface area is 138 Å². The van der Waals surface area contributed by atoms with Gasteiger partial charge in [-0.15, -0.1) is 0 Å². The molecule has 0 aromatic carbocycles. The monoisotopic (exact) mass is 317 g/mol. The van der Waals surface area contributed by atoms with Gasteiger partial charge in [-0.3, -0.25) is 4.79 Å². The second-order valence-electron chi connectivity index (χ2n) is 7.57. The Balaban J connectivity index is 2.12. The second kappa shape index (κ2) is 5.73. The molecule has 1 aromatic rings. The lowest BCUT2D eigenvalue weighted by Crippen LogP contribution is -2.52. The highest BCUT2D eigenvalue weighted by Gasteiger charge is 2.52. The summed E-state index contributed by atoms with van der Waals surface area (Å²) in [6.07, 6.45) is 5.63. The lowest BCUT2D eigenvalue weighted by molar-refractivity contribution is -0.0372. The molecule has 0 amide bonds. The van der Waals surface area contributed by atoms with Crippen molar-refractivity contribution >= 4 is 0 Å². The van der Waals surface area contributed by atoms with Gasteiger partial charge < -0.3 is 9.57 Å². The van der Waals surface area contributed by atoms with Crippen molar-refractivity contribution in [1.82, 2.24) is 4.73 Å². The Bertz CT molecular complexity index is 665. The van der Waals surface area contributed by atoms with Crippen LogP contribution in [0, 0.1) is 17.3 Å². The molecule has 1 aromatic heterocycles. The van der Waals surface area contributed by atoms with E-state index in [2.05, 4.69) is 34.3 Å². The highest BCUT2D eigenvalue weighted by atomic mass is 16.7. The molecule has 4 nitrogen and oxygen atoms in total. The van der Waals surface area contributed by atoms with Gasteiger partial charge in [-0.1, -0.05) is 33.4 Å². The lowest BCUT2D eigenvalue weighted by atomic mass is 9.55. The first kappa shape index (κ1) is 16.2. The summed E-state index contributed by atoms with van der Waals surface area (Å²) >= 11 is 0. The van der Waals surface area contributed by atoms with Crippen LogP contribution in [0.5, 0.6) is 5.75 Å². The molecule has 126 valence electrons. The lowest BCUT2D eigenvalue weighted by Gasteiger charge is -2.53. The van der Waals surface area contributed by atoms with E-state index in [9.17, 15) is 4.79 Å². The summed E-state index contributed by atoms with van der Waals surface area (Å²) in [5.74, 6) is 2.05. The van der Waals surface area contributed by atoms with E-state index in [1.165, 1.54) is 4.73 Å². The van der Waals surface area contributed by atoms with Crippen LogP contribution in [0.4, 0.5) is 0 Å². The van der Waals surface area contributed by atoms with E-state index in [1.807, 2.05) is 6.07 Å². The van der Waals surface area contributed by atoms with Gasteiger partial charge in [-0.25, -0.2) is 0 Å². The number of ether oxygens (including phenoxy) is 1. The Morgan fingerprint density at radius 3 is 2.91 bits per heavy atom. The number of rotatable bonds is 3. The summed E-state index contributed by atoms with van der Waals surface area (Å²) < 4.78 is 7.48. The molecule has 23 heavy (non-hydrogen) atoms. The Hall–Kier alpha value is -1.71. The zero-order valence-electron chi connectivity index (χ0n) is 14.5. The van der Waals surface area contributed by atoms with Gasteiger partial charge in [0.05, 0.1) is 11.8 Å². The molecule has 1 saturated carbocycles. The zero-order valence-corrected chi connectivity index (χ0v) is 14.5. The SMILES string of the molecule is C=CCOn1ccc2c(c1=O)[C@@H]1[C@@H](C)C[C@@H](C)C[C@]1(C)[C@@H](C)O2. The van der Waals surface area contributed by atoms with E-state index in [-0.39, 0.29) is 23.0 Å². The van der Waals surface area contributed by atoms with Crippen molar-refractivity contribution in [3.05, 3.63) is 40.8 Å². The molecule has 1 aliphatic carbocycles. The molecule has 1 fully saturated rings. The molecule has 0 bridgehead atoms. The standard InChI is InChI=1S/C19H27NO3/c1-6-9-22-20-8-7-15-16(18(20)21)17-13(3)10-12(2)11-19(17,5)14(4)23-15/h6-8,12-14,17H,1,9-11H2,2-5H3/t12-,13+,14-,17+,19-/m1/s1. The molecular formula is C19H27NO3. The van der Waals surface area contributed by atoms with Crippen molar-refractivity contribution in [3.8, 4) is 5.75 Å². The van der Waals surface area contributed by atoms with E-state index in [0.717, 1.165) is 24.2 Å². The molecule has 4 heteroatoms. The molecule has 2 aliphatic rings. The van der Waals surface area contributed by atoms with Crippen LogP contribution in [0.2, 0.25) is 0 Å². The smallest absolute Gasteiger partial charge is 0.290 e. The van der Waals surface area contributed by atoms with Crippen molar-refractivity contribution in [2.45, 2.75) is 52.6 Å². The van der Waals surface area contributed by atoms with Crippen molar-refractivity contribution in [2.75, 3.05) is 6.61 Å². The van der Waals surface area contributed by atoms with Crippen LogP contribution in [-0.2, 0) is 0 Å². The van der Waals surface area contributed by atoms with Gasteiger partial charge in [0.25, 0.3) is 5.56 Å². The van der Waals surface area contributed by atoms with Crippen LogP contribution >= 0.6 is 0 Å².